The summed E-state index contributed by atoms with van der Waals surface area (Å²) in [5.74, 6) is 3.38. The van der Waals surface area contributed by atoms with Gasteiger partial charge in [0.05, 0.1) is 7.11 Å². The number of methoxy groups -OCH3 is 1. The summed E-state index contributed by atoms with van der Waals surface area (Å²) in [6, 6.07) is 10.4. The normalized spacial score (nSPS) is 14.2. The minimum Gasteiger partial charge on any atom is -0.497 e. The average molecular weight is 287 g/mol. The van der Waals surface area contributed by atoms with Gasteiger partial charge in [-0.1, -0.05) is 6.07 Å². The van der Waals surface area contributed by atoms with Gasteiger partial charge in [0, 0.05) is 24.2 Å². The maximum atomic E-state index is 5.75. The van der Waals surface area contributed by atoms with Gasteiger partial charge in [-0.3, -0.25) is 0 Å². The predicted octanol–water partition coefficient (Wildman–Crippen LogP) is 3.43. The fourth-order valence-electron chi connectivity index (χ4n) is 2.22. The minimum atomic E-state index is 0.428. The fourth-order valence-corrected chi connectivity index (χ4v) is 2.22. The Balaban J connectivity index is 1.57. The first kappa shape index (κ1) is 14.0. The molecule has 0 bridgehead atoms. The van der Waals surface area contributed by atoms with Crippen LogP contribution in [0, 0.1) is 6.92 Å². The Labute approximate surface area is 125 Å². The van der Waals surface area contributed by atoms with Crippen molar-refractivity contribution in [1.82, 2.24) is 5.32 Å². The molecule has 0 spiro atoms. The molecule has 112 valence electrons. The molecule has 21 heavy (non-hydrogen) atoms. The SMILES string of the molecule is COc1cccc(OCc2cc(CNC3CC3)c(C)o2)c1. The van der Waals surface area contributed by atoms with E-state index in [1.807, 2.05) is 31.2 Å². The van der Waals surface area contributed by atoms with Crippen molar-refractivity contribution in [3.63, 3.8) is 0 Å². The molecule has 4 nitrogen and oxygen atoms in total. The molecule has 2 aromatic rings. The highest BCUT2D eigenvalue weighted by atomic mass is 16.5. The molecule has 1 saturated carbocycles. The van der Waals surface area contributed by atoms with Gasteiger partial charge in [0.15, 0.2) is 0 Å². The summed E-state index contributed by atoms with van der Waals surface area (Å²) in [5, 5.41) is 3.50. The van der Waals surface area contributed by atoms with E-state index >= 15 is 0 Å². The molecule has 1 aromatic heterocycles. The van der Waals surface area contributed by atoms with Crippen LogP contribution in [0.4, 0.5) is 0 Å². The molecular weight excluding hydrogens is 266 g/mol. The Morgan fingerprint density at radius 2 is 2.05 bits per heavy atom. The maximum Gasteiger partial charge on any atom is 0.146 e. The minimum absolute atomic E-state index is 0.428. The highest BCUT2D eigenvalue weighted by molar-refractivity contribution is 5.33. The molecule has 3 rings (SSSR count). The van der Waals surface area contributed by atoms with Gasteiger partial charge in [-0.15, -0.1) is 0 Å². The third kappa shape index (κ3) is 3.79. The van der Waals surface area contributed by atoms with Crippen molar-refractivity contribution in [2.45, 2.75) is 39.0 Å². The van der Waals surface area contributed by atoms with Crippen molar-refractivity contribution < 1.29 is 13.9 Å². The van der Waals surface area contributed by atoms with Gasteiger partial charge in [-0.05, 0) is 38.0 Å². The van der Waals surface area contributed by atoms with Crippen molar-refractivity contribution in [3.8, 4) is 11.5 Å². The Morgan fingerprint density at radius 3 is 2.81 bits per heavy atom. The number of ether oxygens (including phenoxy) is 2. The number of benzene rings is 1. The zero-order valence-electron chi connectivity index (χ0n) is 12.5. The molecular formula is C17H21NO3. The number of hydrogen-bond acceptors (Lipinski definition) is 4. The molecule has 1 aliphatic rings. The number of furan rings is 1. The highest BCUT2D eigenvalue weighted by Gasteiger charge is 2.20. The maximum absolute atomic E-state index is 5.75. The molecule has 0 unspecified atom stereocenters. The Hall–Kier alpha value is -1.94. The lowest BCUT2D eigenvalue weighted by Gasteiger charge is -2.05. The first-order valence-corrected chi connectivity index (χ1v) is 7.33. The number of hydrogen-bond donors (Lipinski definition) is 1. The lowest BCUT2D eigenvalue weighted by molar-refractivity contribution is 0.266. The molecule has 0 amide bonds. The van der Waals surface area contributed by atoms with Crippen LogP contribution < -0.4 is 14.8 Å². The topological polar surface area (TPSA) is 43.6 Å². The van der Waals surface area contributed by atoms with Gasteiger partial charge < -0.3 is 19.2 Å². The van der Waals surface area contributed by atoms with E-state index in [2.05, 4.69) is 11.4 Å². The van der Waals surface area contributed by atoms with Crippen LogP contribution >= 0.6 is 0 Å². The molecule has 0 atom stereocenters. The Bertz CT molecular complexity index is 602. The van der Waals surface area contributed by atoms with E-state index in [9.17, 15) is 0 Å². The fraction of sp³-hybridized carbons (Fsp3) is 0.412. The summed E-state index contributed by atoms with van der Waals surface area (Å²) in [6.45, 7) is 3.30. The van der Waals surface area contributed by atoms with Gasteiger partial charge in [0.2, 0.25) is 0 Å². The highest BCUT2D eigenvalue weighted by Crippen LogP contribution is 2.23. The van der Waals surface area contributed by atoms with Gasteiger partial charge >= 0.3 is 0 Å². The zero-order valence-corrected chi connectivity index (χ0v) is 12.5. The molecule has 1 aliphatic carbocycles. The van der Waals surface area contributed by atoms with E-state index in [1.54, 1.807) is 7.11 Å². The third-order valence-electron chi connectivity index (χ3n) is 3.65. The summed E-state index contributed by atoms with van der Waals surface area (Å²) in [6.07, 6.45) is 2.59. The predicted molar refractivity (Wildman–Crippen MR) is 80.6 cm³/mol. The quantitative estimate of drug-likeness (QED) is 0.847. The largest absolute Gasteiger partial charge is 0.497 e. The van der Waals surface area contributed by atoms with Crippen molar-refractivity contribution >= 4 is 0 Å². The van der Waals surface area contributed by atoms with Crippen LogP contribution in [0.2, 0.25) is 0 Å². The molecule has 0 saturated heterocycles. The van der Waals surface area contributed by atoms with Crippen molar-refractivity contribution in [2.75, 3.05) is 7.11 Å². The van der Waals surface area contributed by atoms with Gasteiger partial charge in [0.25, 0.3) is 0 Å². The molecule has 1 heterocycles. The zero-order chi connectivity index (χ0) is 14.7. The van der Waals surface area contributed by atoms with Gasteiger partial charge in [-0.2, -0.15) is 0 Å². The van der Waals surface area contributed by atoms with E-state index in [-0.39, 0.29) is 0 Å². The second kappa shape index (κ2) is 6.22. The van der Waals surface area contributed by atoms with Crippen LogP contribution in [0.5, 0.6) is 11.5 Å². The lowest BCUT2D eigenvalue weighted by Crippen LogP contribution is -2.15. The van der Waals surface area contributed by atoms with Gasteiger partial charge in [-0.25, -0.2) is 0 Å². The molecule has 1 N–H and O–H groups in total. The van der Waals surface area contributed by atoms with Crippen LogP contribution in [-0.2, 0) is 13.2 Å². The second-order valence-corrected chi connectivity index (χ2v) is 5.42. The number of nitrogens with one attached hydrogen (secondary N) is 1. The smallest absolute Gasteiger partial charge is 0.146 e. The van der Waals surface area contributed by atoms with E-state index in [4.69, 9.17) is 13.9 Å². The monoisotopic (exact) mass is 287 g/mol. The number of aryl methyl sites for hydroxylation is 1. The lowest BCUT2D eigenvalue weighted by atomic mass is 10.2. The van der Waals surface area contributed by atoms with E-state index in [0.29, 0.717) is 12.6 Å². The van der Waals surface area contributed by atoms with Crippen molar-refractivity contribution in [1.29, 1.82) is 0 Å². The Kier molecular flexibility index (Phi) is 4.15. The van der Waals surface area contributed by atoms with Crippen molar-refractivity contribution in [2.24, 2.45) is 0 Å². The van der Waals surface area contributed by atoms with Crippen LogP contribution in [0.3, 0.4) is 0 Å². The summed E-state index contributed by atoms with van der Waals surface area (Å²) in [5.41, 5.74) is 1.21. The molecule has 4 heteroatoms. The average Bonchev–Trinajstić information content (AvgIpc) is 3.27. The van der Waals surface area contributed by atoms with Crippen LogP contribution in [0.15, 0.2) is 34.7 Å². The first-order chi connectivity index (χ1) is 10.2. The molecule has 1 aromatic carbocycles. The van der Waals surface area contributed by atoms with Gasteiger partial charge in [0.1, 0.15) is 29.6 Å². The van der Waals surface area contributed by atoms with Crippen molar-refractivity contribution in [3.05, 3.63) is 47.4 Å². The summed E-state index contributed by atoms with van der Waals surface area (Å²) in [7, 11) is 1.65. The number of rotatable bonds is 7. The summed E-state index contributed by atoms with van der Waals surface area (Å²) in [4.78, 5) is 0. The third-order valence-corrected chi connectivity index (χ3v) is 3.65. The van der Waals surface area contributed by atoms with E-state index < -0.39 is 0 Å². The molecule has 0 aliphatic heterocycles. The first-order valence-electron chi connectivity index (χ1n) is 7.33. The molecule has 1 fully saturated rings. The van der Waals surface area contributed by atoms with E-state index in [0.717, 1.165) is 29.6 Å². The second-order valence-electron chi connectivity index (χ2n) is 5.42. The van der Waals surface area contributed by atoms with Crippen LogP contribution in [-0.4, -0.2) is 13.2 Å². The summed E-state index contributed by atoms with van der Waals surface area (Å²) >= 11 is 0. The summed E-state index contributed by atoms with van der Waals surface area (Å²) < 4.78 is 16.7. The Morgan fingerprint density at radius 1 is 1.24 bits per heavy atom. The van der Waals surface area contributed by atoms with Crippen LogP contribution in [0.25, 0.3) is 0 Å². The molecule has 0 radical (unpaired) electrons. The standard InChI is InChI=1S/C17H21NO3/c1-12-13(10-18-14-6-7-14)8-17(21-12)11-20-16-5-3-4-15(9-16)19-2/h3-5,8-9,14,18H,6-7,10-11H2,1-2H3. The van der Waals surface area contributed by atoms with Crippen LogP contribution in [0.1, 0.15) is 29.9 Å². The van der Waals surface area contributed by atoms with E-state index in [1.165, 1.54) is 18.4 Å².